The number of benzene rings is 2. The topological polar surface area (TPSA) is 81.1 Å². The number of nitrogens with zero attached hydrogens (tertiary/aromatic N) is 3. The highest BCUT2D eigenvalue weighted by molar-refractivity contribution is 7.99. The average molecular weight is 366 g/mol. The lowest BCUT2D eigenvalue weighted by atomic mass is 9.91. The molecule has 6 heteroatoms. The molecule has 1 fully saturated rings. The fraction of sp³-hybridized carbons (Fsp3) is 0.300. The number of hydrogen-bond acceptors (Lipinski definition) is 6. The molecule has 4 rings (SSSR count). The lowest BCUT2D eigenvalue weighted by Gasteiger charge is -2.37. The Morgan fingerprint density at radius 1 is 1.08 bits per heavy atom. The minimum Gasteiger partial charge on any atom is -0.381 e. The molecular weight excluding hydrogens is 342 g/mol. The average Bonchev–Trinajstić information content (AvgIpc) is 2.64. The van der Waals surface area contributed by atoms with Crippen LogP contribution in [0.1, 0.15) is 19.8 Å². The molecule has 1 aliphatic heterocycles. The molecule has 1 saturated heterocycles. The van der Waals surface area contributed by atoms with Crippen molar-refractivity contribution in [3.05, 3.63) is 48.7 Å². The zero-order valence-electron chi connectivity index (χ0n) is 14.9. The van der Waals surface area contributed by atoms with Crippen LogP contribution >= 0.6 is 11.8 Å². The number of hydrogen-bond donors (Lipinski definition) is 2. The summed E-state index contributed by atoms with van der Waals surface area (Å²) >= 11 is 1.56. The summed E-state index contributed by atoms with van der Waals surface area (Å²) in [6, 6.07) is 14.6. The fourth-order valence-electron chi connectivity index (χ4n) is 3.25. The molecule has 26 heavy (non-hydrogen) atoms. The molecule has 1 aliphatic rings. The second kappa shape index (κ2) is 6.78. The van der Waals surface area contributed by atoms with Gasteiger partial charge in [0.1, 0.15) is 10.8 Å². The predicted octanol–water partition coefficient (Wildman–Crippen LogP) is 3.68. The van der Waals surface area contributed by atoms with Gasteiger partial charge in [-0.3, -0.25) is 0 Å². The van der Waals surface area contributed by atoms with Gasteiger partial charge < -0.3 is 16.4 Å². The van der Waals surface area contributed by atoms with Crippen LogP contribution in [0.2, 0.25) is 0 Å². The van der Waals surface area contributed by atoms with E-state index in [0.717, 1.165) is 41.7 Å². The fourth-order valence-corrected chi connectivity index (χ4v) is 4.16. The van der Waals surface area contributed by atoms with Crippen molar-refractivity contribution in [1.29, 1.82) is 0 Å². The van der Waals surface area contributed by atoms with E-state index in [4.69, 9.17) is 11.5 Å². The van der Waals surface area contributed by atoms with Crippen LogP contribution in [0, 0.1) is 0 Å². The highest BCUT2D eigenvalue weighted by Crippen LogP contribution is 2.35. The normalized spacial score (nSPS) is 16.8. The van der Waals surface area contributed by atoms with Crippen LogP contribution in [0.4, 0.5) is 11.6 Å². The maximum atomic E-state index is 6.23. The van der Waals surface area contributed by atoms with Crippen LogP contribution in [0.3, 0.4) is 0 Å². The minimum atomic E-state index is -0.0837. The molecule has 4 N–H and O–H groups in total. The van der Waals surface area contributed by atoms with E-state index < -0.39 is 0 Å². The van der Waals surface area contributed by atoms with E-state index in [2.05, 4.69) is 52.1 Å². The van der Waals surface area contributed by atoms with Gasteiger partial charge in [0.25, 0.3) is 0 Å². The summed E-state index contributed by atoms with van der Waals surface area (Å²) in [5, 5.41) is 3.15. The molecule has 0 radical (unpaired) electrons. The Kier molecular flexibility index (Phi) is 4.46. The van der Waals surface area contributed by atoms with Crippen molar-refractivity contribution in [3.63, 3.8) is 0 Å². The Labute approximate surface area is 157 Å². The first-order valence-corrected chi connectivity index (χ1v) is 9.65. The zero-order chi connectivity index (χ0) is 18.1. The summed E-state index contributed by atoms with van der Waals surface area (Å²) in [7, 11) is 0. The van der Waals surface area contributed by atoms with Crippen LogP contribution in [0.25, 0.3) is 10.8 Å². The number of anilines is 2. The predicted molar refractivity (Wildman–Crippen MR) is 109 cm³/mol. The highest BCUT2D eigenvalue weighted by Gasteiger charge is 2.26. The lowest BCUT2D eigenvalue weighted by molar-refractivity contribution is 0.363. The van der Waals surface area contributed by atoms with Crippen molar-refractivity contribution in [2.24, 2.45) is 5.73 Å². The Balaban J connectivity index is 1.57. The zero-order valence-corrected chi connectivity index (χ0v) is 15.7. The van der Waals surface area contributed by atoms with E-state index in [-0.39, 0.29) is 5.54 Å². The van der Waals surface area contributed by atoms with E-state index in [0.29, 0.717) is 5.82 Å². The number of aromatic nitrogens is 2. The molecule has 0 spiro atoms. The molecule has 3 aromatic rings. The molecule has 2 heterocycles. The van der Waals surface area contributed by atoms with E-state index in [9.17, 15) is 0 Å². The van der Waals surface area contributed by atoms with Crippen molar-refractivity contribution >= 4 is 34.2 Å². The van der Waals surface area contributed by atoms with Gasteiger partial charge in [0.15, 0.2) is 5.82 Å². The van der Waals surface area contributed by atoms with Crippen molar-refractivity contribution in [3.8, 4) is 0 Å². The van der Waals surface area contributed by atoms with Crippen LogP contribution < -0.4 is 16.4 Å². The molecule has 0 saturated carbocycles. The van der Waals surface area contributed by atoms with Gasteiger partial charge in [0.05, 0.1) is 6.20 Å². The number of piperidine rings is 1. The lowest BCUT2D eigenvalue weighted by Crippen LogP contribution is -2.48. The Hall–Kier alpha value is -2.31. The van der Waals surface area contributed by atoms with E-state index in [1.54, 1.807) is 11.8 Å². The quantitative estimate of drug-likeness (QED) is 0.737. The van der Waals surface area contributed by atoms with E-state index >= 15 is 0 Å². The molecule has 2 aromatic carbocycles. The van der Waals surface area contributed by atoms with E-state index in [1.165, 1.54) is 10.8 Å². The molecule has 5 nitrogen and oxygen atoms in total. The number of rotatable bonds is 3. The summed E-state index contributed by atoms with van der Waals surface area (Å²) in [5.41, 5.74) is 12.4. The maximum absolute atomic E-state index is 6.23. The van der Waals surface area contributed by atoms with Crippen molar-refractivity contribution in [1.82, 2.24) is 9.97 Å². The molecule has 1 aromatic heterocycles. The summed E-state index contributed by atoms with van der Waals surface area (Å²) in [6.45, 7) is 3.88. The standard InChI is InChI=1S/C20H23N5S/c1-20(22)9-11-25(12-10-20)17-13-23-19(18(21)24-17)26-16-8-4-6-14-5-2-3-7-15(14)16/h2-8,13H,9-12,22H2,1H3,(H2,21,24). The molecule has 0 aliphatic carbocycles. The van der Waals surface area contributed by atoms with Crippen molar-refractivity contribution in [2.75, 3.05) is 23.7 Å². The molecule has 0 atom stereocenters. The van der Waals surface area contributed by atoms with Crippen LogP contribution in [0.15, 0.2) is 58.6 Å². The van der Waals surface area contributed by atoms with Gasteiger partial charge in [0.2, 0.25) is 0 Å². The van der Waals surface area contributed by atoms with Crippen LogP contribution in [-0.2, 0) is 0 Å². The molecule has 0 amide bonds. The number of nitrogens with two attached hydrogens (primary N) is 2. The van der Waals surface area contributed by atoms with Crippen LogP contribution in [0.5, 0.6) is 0 Å². The summed E-state index contributed by atoms with van der Waals surface area (Å²) < 4.78 is 0. The third-order valence-corrected chi connectivity index (χ3v) is 6.02. The van der Waals surface area contributed by atoms with Gasteiger partial charge in [-0.05, 0) is 36.6 Å². The summed E-state index contributed by atoms with van der Waals surface area (Å²) in [5.74, 6) is 1.31. The van der Waals surface area contributed by atoms with Gasteiger partial charge in [-0.15, -0.1) is 0 Å². The number of nitrogen functional groups attached to an aromatic ring is 1. The third-order valence-electron chi connectivity index (χ3n) is 4.94. The molecule has 134 valence electrons. The minimum absolute atomic E-state index is 0.0837. The Morgan fingerprint density at radius 3 is 2.58 bits per heavy atom. The second-order valence-corrected chi connectivity index (χ2v) is 8.17. The van der Waals surface area contributed by atoms with Crippen LogP contribution in [-0.4, -0.2) is 28.6 Å². The summed E-state index contributed by atoms with van der Waals surface area (Å²) in [4.78, 5) is 12.5. The SMILES string of the molecule is CC1(N)CCN(c2cnc(Sc3cccc4ccccc34)c(N)n2)CC1. The van der Waals surface area contributed by atoms with Gasteiger partial charge >= 0.3 is 0 Å². The first-order valence-electron chi connectivity index (χ1n) is 8.84. The molecular formula is C20H23N5S. The Bertz CT molecular complexity index is 925. The van der Waals surface area contributed by atoms with Gasteiger partial charge in [-0.1, -0.05) is 48.2 Å². The van der Waals surface area contributed by atoms with Crippen molar-refractivity contribution in [2.45, 2.75) is 35.2 Å². The second-order valence-electron chi connectivity index (χ2n) is 7.14. The molecule has 0 bridgehead atoms. The smallest absolute Gasteiger partial charge is 0.158 e. The summed E-state index contributed by atoms with van der Waals surface area (Å²) in [6.07, 6.45) is 3.71. The maximum Gasteiger partial charge on any atom is 0.158 e. The monoisotopic (exact) mass is 365 g/mol. The van der Waals surface area contributed by atoms with Gasteiger partial charge in [-0.2, -0.15) is 0 Å². The third kappa shape index (κ3) is 3.48. The Morgan fingerprint density at radius 2 is 1.81 bits per heavy atom. The van der Waals surface area contributed by atoms with Crippen molar-refractivity contribution < 1.29 is 0 Å². The first kappa shape index (κ1) is 17.1. The van der Waals surface area contributed by atoms with Gasteiger partial charge in [0, 0.05) is 23.5 Å². The largest absolute Gasteiger partial charge is 0.381 e. The highest BCUT2D eigenvalue weighted by atomic mass is 32.2. The van der Waals surface area contributed by atoms with E-state index in [1.807, 2.05) is 18.3 Å². The van der Waals surface area contributed by atoms with Gasteiger partial charge in [-0.25, -0.2) is 9.97 Å². The molecule has 0 unspecified atom stereocenters. The first-order chi connectivity index (χ1) is 12.5. The number of fused-ring (bicyclic) bond motifs is 1.